The number of carbonyl (C=O) groups is 1. The Balaban J connectivity index is 2.03. The quantitative estimate of drug-likeness (QED) is 0.398. The van der Waals surface area contributed by atoms with Crippen LogP contribution in [0.3, 0.4) is 0 Å². The van der Waals surface area contributed by atoms with Gasteiger partial charge in [0, 0.05) is 5.02 Å². The first-order chi connectivity index (χ1) is 13.0. The molecule has 3 unspecified atom stereocenters. The molecule has 0 aromatic heterocycles. The van der Waals surface area contributed by atoms with E-state index >= 15 is 0 Å². The van der Waals surface area contributed by atoms with Gasteiger partial charge in [-0.3, -0.25) is 15.2 Å². The monoisotopic (exact) mass is 388 g/mol. The third kappa shape index (κ3) is 4.37. The number of nitrogens with one attached hydrogen (secondary N) is 1. The van der Waals surface area contributed by atoms with E-state index < -0.39 is 30.8 Å². The molecule has 0 bridgehead atoms. The summed E-state index contributed by atoms with van der Waals surface area (Å²) in [6, 6.07) is 12.3. The molecule has 1 aliphatic rings. The van der Waals surface area contributed by atoms with E-state index in [4.69, 9.17) is 16.7 Å². The molecule has 2 aromatic carbocycles. The zero-order chi connectivity index (χ0) is 19.4. The molecule has 1 aliphatic heterocycles. The fourth-order valence-corrected chi connectivity index (χ4v) is 2.66. The lowest BCUT2D eigenvalue weighted by Crippen LogP contribution is -2.48. The number of anilines is 1. The van der Waals surface area contributed by atoms with Crippen molar-refractivity contribution in [2.45, 2.75) is 18.2 Å². The Morgan fingerprint density at radius 3 is 2.63 bits per heavy atom. The van der Waals surface area contributed by atoms with Crippen LogP contribution in [0.15, 0.2) is 63.6 Å². The summed E-state index contributed by atoms with van der Waals surface area (Å²) in [6.07, 6.45) is -3.16. The molecule has 1 heterocycles. The summed E-state index contributed by atoms with van der Waals surface area (Å²) < 4.78 is 0. The van der Waals surface area contributed by atoms with Crippen LogP contribution in [0.2, 0.25) is 5.02 Å². The van der Waals surface area contributed by atoms with Gasteiger partial charge in [-0.1, -0.05) is 29.8 Å². The average molecular weight is 389 g/mol. The van der Waals surface area contributed by atoms with Gasteiger partial charge in [0.25, 0.3) is 5.91 Å². The minimum atomic E-state index is -1.63. The average Bonchev–Trinajstić information content (AvgIpc) is 2.68. The van der Waals surface area contributed by atoms with Crippen molar-refractivity contribution in [1.82, 2.24) is 0 Å². The molecule has 0 saturated carbocycles. The maximum atomic E-state index is 12.5. The van der Waals surface area contributed by atoms with Crippen LogP contribution in [0, 0.1) is 0 Å². The highest BCUT2D eigenvalue weighted by molar-refractivity contribution is 6.30. The first-order valence-electron chi connectivity index (χ1n) is 8.11. The number of fused-ring (bicyclic) bond motifs is 1. The molecule has 0 saturated heterocycles. The maximum Gasteiger partial charge on any atom is 0.277 e. The molecule has 0 aliphatic carbocycles. The number of hydrazone groups is 1. The van der Waals surface area contributed by atoms with Crippen molar-refractivity contribution in [3.8, 4) is 0 Å². The summed E-state index contributed by atoms with van der Waals surface area (Å²) in [4.78, 5) is 20.7. The van der Waals surface area contributed by atoms with Gasteiger partial charge in [-0.2, -0.15) is 5.10 Å². The molecule has 27 heavy (non-hydrogen) atoms. The zero-order valence-corrected chi connectivity index (χ0v) is 14.8. The van der Waals surface area contributed by atoms with Crippen molar-refractivity contribution < 1.29 is 20.1 Å². The van der Waals surface area contributed by atoms with E-state index in [0.717, 1.165) is 0 Å². The molecule has 4 N–H and O–H groups in total. The number of hydrogen-bond acceptors (Lipinski definition) is 7. The van der Waals surface area contributed by atoms with E-state index in [2.05, 4.69) is 20.5 Å². The van der Waals surface area contributed by atoms with Crippen molar-refractivity contribution in [3.63, 3.8) is 0 Å². The molecular weight excluding hydrogens is 372 g/mol. The second kappa shape index (κ2) is 8.36. The summed E-state index contributed by atoms with van der Waals surface area (Å²) in [5.41, 5.74) is 3.15. The van der Waals surface area contributed by atoms with Gasteiger partial charge in [-0.25, -0.2) is 4.99 Å². The molecule has 3 atom stereocenters. The number of amides is 1. The number of halogens is 1. The number of rotatable bonds is 6. The van der Waals surface area contributed by atoms with E-state index in [1.807, 2.05) is 6.07 Å². The van der Waals surface area contributed by atoms with Crippen LogP contribution in [0.25, 0.3) is 0 Å². The Kier molecular flexibility index (Phi) is 5.92. The smallest absolute Gasteiger partial charge is 0.277 e. The molecule has 2 aromatic rings. The number of nitrogens with zero attached hydrogens (tertiary/aromatic N) is 3. The normalized spacial score (nSPS) is 18.7. The summed E-state index contributed by atoms with van der Waals surface area (Å²) in [5, 5.41) is 34.6. The minimum Gasteiger partial charge on any atom is -0.394 e. The molecule has 140 valence electrons. The van der Waals surface area contributed by atoms with E-state index in [9.17, 15) is 15.0 Å². The van der Waals surface area contributed by atoms with E-state index in [-0.39, 0.29) is 5.71 Å². The first-order valence-corrected chi connectivity index (χ1v) is 8.49. The van der Waals surface area contributed by atoms with Gasteiger partial charge >= 0.3 is 0 Å². The number of para-hydroxylation sites is 1. The highest BCUT2D eigenvalue weighted by Crippen LogP contribution is 2.11. The van der Waals surface area contributed by atoms with Crippen molar-refractivity contribution in [1.29, 1.82) is 0 Å². The number of carbonyl (C=O) groups excluding carboxylic acids is 1. The molecule has 9 heteroatoms. The fourth-order valence-electron chi connectivity index (χ4n) is 2.49. The fraction of sp³-hybridized carbons (Fsp3) is 0.222. The number of hydrogen-bond donors (Lipinski definition) is 4. The third-order valence-electron chi connectivity index (χ3n) is 3.89. The first kappa shape index (κ1) is 19.1. The van der Waals surface area contributed by atoms with Crippen molar-refractivity contribution >= 4 is 28.9 Å². The van der Waals surface area contributed by atoms with Gasteiger partial charge in [0.05, 0.1) is 23.0 Å². The number of benzene rings is 2. The van der Waals surface area contributed by atoms with Crippen molar-refractivity contribution in [2.75, 3.05) is 12.0 Å². The summed E-state index contributed by atoms with van der Waals surface area (Å²) in [7, 11) is 0. The van der Waals surface area contributed by atoms with E-state index in [0.29, 0.717) is 21.4 Å². The topological polar surface area (TPSA) is 127 Å². The second-order valence-electron chi connectivity index (χ2n) is 5.82. The third-order valence-corrected chi connectivity index (χ3v) is 4.13. The van der Waals surface area contributed by atoms with Crippen molar-refractivity contribution in [2.24, 2.45) is 15.1 Å². The minimum absolute atomic E-state index is 0.167. The Morgan fingerprint density at radius 1 is 1.19 bits per heavy atom. The predicted octanol–water partition coefficient (Wildman–Crippen LogP) is -0.330. The van der Waals surface area contributed by atoms with E-state index in [1.54, 1.807) is 36.4 Å². The Bertz CT molecular complexity index is 981. The summed E-state index contributed by atoms with van der Waals surface area (Å²) in [6.45, 7) is -0.716. The molecule has 3 rings (SSSR count). The molecule has 0 fully saturated rings. The molecule has 8 nitrogen and oxygen atoms in total. The van der Waals surface area contributed by atoms with E-state index in [1.165, 1.54) is 6.07 Å². The van der Waals surface area contributed by atoms with Crippen LogP contribution in [-0.4, -0.2) is 51.8 Å². The van der Waals surface area contributed by atoms with Gasteiger partial charge in [0.1, 0.15) is 17.9 Å². The van der Waals surface area contributed by atoms with Crippen LogP contribution >= 0.6 is 11.6 Å². The van der Waals surface area contributed by atoms with Gasteiger partial charge in [-0.15, -0.1) is 0 Å². The Morgan fingerprint density at radius 2 is 1.93 bits per heavy atom. The molecule has 0 radical (unpaired) electrons. The lowest BCUT2D eigenvalue weighted by atomic mass is 10.0. The second-order valence-corrected chi connectivity index (χ2v) is 6.26. The largest absolute Gasteiger partial charge is 0.394 e. The number of aliphatic hydroxyl groups is 3. The summed E-state index contributed by atoms with van der Waals surface area (Å²) >= 11 is 5.97. The molecular formula is C18H17ClN4O4. The summed E-state index contributed by atoms with van der Waals surface area (Å²) in [5.74, 6) is -0.650. The van der Waals surface area contributed by atoms with Crippen LogP contribution < -0.4 is 16.1 Å². The zero-order valence-electron chi connectivity index (χ0n) is 14.0. The molecule has 0 spiro atoms. The predicted molar refractivity (Wildman–Crippen MR) is 99.2 cm³/mol. The standard InChI is InChI=1S/C18H17ClN4O4/c19-10-6-7-12-13(8-10)20-16(18(27)21-12)15(17(26)14(25)9-24)23-22-11-4-2-1-3-5-11/h1-8,14,16-17,22,24-26H,9H2/b23-15+. The maximum absolute atomic E-state index is 12.5. The lowest BCUT2D eigenvalue weighted by Gasteiger charge is -2.22. The Hall–Kier alpha value is -2.65. The SMILES string of the molecule is O=C1N=c2ccc(Cl)cc2=NC1/C(=N\Nc1ccccc1)C(O)C(O)CO. The highest BCUT2D eigenvalue weighted by atomic mass is 35.5. The van der Waals surface area contributed by atoms with Gasteiger partial charge in [0.2, 0.25) is 0 Å². The van der Waals surface area contributed by atoms with Crippen LogP contribution in [0.4, 0.5) is 5.69 Å². The van der Waals surface area contributed by atoms with Crippen LogP contribution in [0.5, 0.6) is 0 Å². The van der Waals surface area contributed by atoms with Gasteiger partial charge in [-0.05, 0) is 30.3 Å². The number of aliphatic hydroxyl groups excluding tert-OH is 3. The van der Waals surface area contributed by atoms with Crippen molar-refractivity contribution in [3.05, 3.63) is 64.3 Å². The van der Waals surface area contributed by atoms with Crippen LogP contribution in [-0.2, 0) is 4.79 Å². The molecule has 1 amide bonds. The van der Waals surface area contributed by atoms with Gasteiger partial charge < -0.3 is 15.3 Å². The van der Waals surface area contributed by atoms with Gasteiger partial charge in [0.15, 0.2) is 6.04 Å². The highest BCUT2D eigenvalue weighted by Gasteiger charge is 2.34. The Labute approximate surface area is 159 Å². The lowest BCUT2D eigenvalue weighted by molar-refractivity contribution is -0.118. The van der Waals surface area contributed by atoms with Crippen LogP contribution in [0.1, 0.15) is 0 Å².